The molecule has 0 aliphatic carbocycles. The summed E-state index contributed by atoms with van der Waals surface area (Å²) in [6, 6.07) is 6.46. The van der Waals surface area contributed by atoms with E-state index in [9.17, 15) is 9.90 Å². The van der Waals surface area contributed by atoms with Gasteiger partial charge in [-0.3, -0.25) is 4.79 Å². The van der Waals surface area contributed by atoms with Crippen LogP contribution in [0.5, 0.6) is 5.75 Å². The third kappa shape index (κ3) is 2.13. The average molecular weight is 287 g/mol. The van der Waals surface area contributed by atoms with Gasteiger partial charge in [0, 0.05) is 30.7 Å². The zero-order chi connectivity index (χ0) is 14.4. The van der Waals surface area contributed by atoms with Crippen molar-refractivity contribution in [3.63, 3.8) is 0 Å². The number of carbonyl (C=O) groups is 1. The smallest absolute Gasteiger partial charge is 0.254 e. The number of benzene rings is 1. The molecule has 0 spiro atoms. The predicted octanol–water partition coefficient (Wildman–Crippen LogP) is 2.00. The molecular weight excluding hydrogens is 266 g/mol. The fourth-order valence-corrected chi connectivity index (χ4v) is 4.24. The maximum atomic E-state index is 12.9. The number of amides is 1. The van der Waals surface area contributed by atoms with Crippen LogP contribution in [0.15, 0.2) is 18.2 Å². The molecule has 3 heterocycles. The van der Waals surface area contributed by atoms with Crippen LogP contribution in [0.25, 0.3) is 0 Å². The van der Waals surface area contributed by atoms with E-state index in [1.165, 1.54) is 0 Å². The van der Waals surface area contributed by atoms with Crippen molar-refractivity contribution in [1.82, 2.24) is 4.90 Å². The molecule has 3 aliphatic heterocycles. The van der Waals surface area contributed by atoms with Crippen LogP contribution in [-0.2, 0) is 6.42 Å². The van der Waals surface area contributed by atoms with Crippen molar-refractivity contribution in [1.29, 1.82) is 0 Å². The second-order valence-corrected chi connectivity index (χ2v) is 6.54. The molecule has 1 aromatic carbocycles. The number of ether oxygens (including phenoxy) is 1. The first-order valence-corrected chi connectivity index (χ1v) is 7.95. The molecule has 4 rings (SSSR count). The third-order valence-electron chi connectivity index (χ3n) is 5.26. The maximum Gasteiger partial charge on any atom is 0.254 e. The second kappa shape index (κ2) is 5.02. The summed E-state index contributed by atoms with van der Waals surface area (Å²) in [5, 5.41) is 9.38. The number of aliphatic hydroxyl groups excluding tert-OH is 1. The van der Waals surface area contributed by atoms with E-state index in [1.807, 2.05) is 18.2 Å². The molecule has 1 amide bonds. The summed E-state index contributed by atoms with van der Waals surface area (Å²) in [7, 11) is 0. The van der Waals surface area contributed by atoms with E-state index in [-0.39, 0.29) is 12.5 Å². The number of rotatable bonds is 2. The lowest BCUT2D eigenvalue weighted by Gasteiger charge is -2.38. The van der Waals surface area contributed by atoms with Crippen LogP contribution in [0, 0.1) is 5.92 Å². The number of hydrogen-bond acceptors (Lipinski definition) is 3. The molecule has 4 nitrogen and oxygen atoms in total. The van der Waals surface area contributed by atoms with Gasteiger partial charge in [0.05, 0.1) is 6.61 Å². The van der Waals surface area contributed by atoms with E-state index >= 15 is 0 Å². The van der Waals surface area contributed by atoms with Crippen LogP contribution in [0.3, 0.4) is 0 Å². The van der Waals surface area contributed by atoms with Crippen molar-refractivity contribution in [3.05, 3.63) is 29.3 Å². The van der Waals surface area contributed by atoms with Crippen LogP contribution in [0.1, 0.15) is 41.6 Å². The fraction of sp³-hybridized carbons (Fsp3) is 0.588. The fourth-order valence-electron chi connectivity index (χ4n) is 4.24. The van der Waals surface area contributed by atoms with Gasteiger partial charge in [-0.25, -0.2) is 0 Å². The van der Waals surface area contributed by atoms with Gasteiger partial charge in [-0.1, -0.05) is 0 Å². The van der Waals surface area contributed by atoms with Crippen LogP contribution in [0.4, 0.5) is 0 Å². The average Bonchev–Trinajstić information content (AvgIpc) is 3.08. The number of hydrogen-bond donors (Lipinski definition) is 1. The minimum atomic E-state index is 0.161. The molecule has 0 radical (unpaired) electrons. The molecule has 2 fully saturated rings. The molecule has 0 saturated carbocycles. The Labute approximate surface area is 124 Å². The number of fused-ring (bicyclic) bond motifs is 3. The lowest BCUT2D eigenvalue weighted by Crippen LogP contribution is -2.47. The van der Waals surface area contributed by atoms with Crippen molar-refractivity contribution in [2.45, 2.75) is 44.2 Å². The largest absolute Gasteiger partial charge is 0.493 e. The third-order valence-corrected chi connectivity index (χ3v) is 5.26. The zero-order valence-corrected chi connectivity index (χ0v) is 12.1. The van der Waals surface area contributed by atoms with Gasteiger partial charge in [0.1, 0.15) is 5.75 Å². The molecule has 4 heteroatoms. The number of nitrogens with zero attached hydrogens (tertiary/aromatic N) is 1. The van der Waals surface area contributed by atoms with Gasteiger partial charge in [0.2, 0.25) is 0 Å². The Morgan fingerprint density at radius 3 is 2.76 bits per heavy atom. The molecule has 21 heavy (non-hydrogen) atoms. The Balaban J connectivity index is 1.58. The minimum Gasteiger partial charge on any atom is -0.493 e. The molecule has 1 unspecified atom stereocenters. The van der Waals surface area contributed by atoms with Crippen molar-refractivity contribution < 1.29 is 14.6 Å². The molecule has 3 aliphatic rings. The predicted molar refractivity (Wildman–Crippen MR) is 78.4 cm³/mol. The van der Waals surface area contributed by atoms with E-state index in [4.69, 9.17) is 4.74 Å². The summed E-state index contributed by atoms with van der Waals surface area (Å²) in [5.74, 6) is 1.46. The van der Waals surface area contributed by atoms with Gasteiger partial charge >= 0.3 is 0 Å². The summed E-state index contributed by atoms with van der Waals surface area (Å²) >= 11 is 0. The van der Waals surface area contributed by atoms with Gasteiger partial charge < -0.3 is 14.7 Å². The molecule has 112 valence electrons. The van der Waals surface area contributed by atoms with Gasteiger partial charge in [-0.2, -0.15) is 0 Å². The van der Waals surface area contributed by atoms with E-state index in [2.05, 4.69) is 4.90 Å². The summed E-state index contributed by atoms with van der Waals surface area (Å²) in [4.78, 5) is 15.0. The number of aliphatic hydroxyl groups is 1. The highest BCUT2D eigenvalue weighted by Gasteiger charge is 2.43. The van der Waals surface area contributed by atoms with E-state index in [0.29, 0.717) is 18.0 Å². The topological polar surface area (TPSA) is 49.8 Å². The van der Waals surface area contributed by atoms with Gasteiger partial charge in [0.25, 0.3) is 5.91 Å². The van der Waals surface area contributed by atoms with Crippen LogP contribution >= 0.6 is 0 Å². The molecule has 2 saturated heterocycles. The standard InChI is InChI=1S/C17H21NO3/c19-10-11-7-14-2-3-15(8-11)18(14)17(20)13-1-4-16-12(9-13)5-6-21-16/h1,4,9,11,14-15,19H,2-3,5-8,10H2/t11?,14-,15+. The van der Waals surface area contributed by atoms with Crippen molar-refractivity contribution in [2.24, 2.45) is 5.92 Å². The molecule has 1 N–H and O–H groups in total. The number of piperidine rings is 1. The van der Waals surface area contributed by atoms with Crippen molar-refractivity contribution in [3.8, 4) is 5.75 Å². The molecular formula is C17H21NO3. The summed E-state index contributed by atoms with van der Waals surface area (Å²) < 4.78 is 5.51. The van der Waals surface area contributed by atoms with Gasteiger partial charge in [-0.15, -0.1) is 0 Å². The Morgan fingerprint density at radius 1 is 1.29 bits per heavy atom. The zero-order valence-electron chi connectivity index (χ0n) is 12.1. The van der Waals surface area contributed by atoms with E-state index < -0.39 is 0 Å². The van der Waals surface area contributed by atoms with Crippen LogP contribution in [-0.4, -0.2) is 41.2 Å². The lowest BCUT2D eigenvalue weighted by molar-refractivity contribution is 0.0453. The highest BCUT2D eigenvalue weighted by atomic mass is 16.5. The van der Waals surface area contributed by atoms with Crippen molar-refractivity contribution >= 4 is 5.91 Å². The first-order valence-electron chi connectivity index (χ1n) is 7.95. The van der Waals surface area contributed by atoms with Crippen molar-refractivity contribution in [2.75, 3.05) is 13.2 Å². The second-order valence-electron chi connectivity index (χ2n) is 6.54. The summed E-state index contributed by atoms with van der Waals surface area (Å²) in [5.41, 5.74) is 1.94. The highest BCUT2D eigenvalue weighted by Crippen LogP contribution is 2.39. The molecule has 2 bridgehead atoms. The summed E-state index contributed by atoms with van der Waals surface area (Å²) in [6.07, 6.45) is 4.97. The Kier molecular flexibility index (Phi) is 3.14. The monoisotopic (exact) mass is 287 g/mol. The first-order chi connectivity index (χ1) is 10.3. The SMILES string of the molecule is O=C(c1ccc2c(c1)CCO2)N1[C@@H]2CC[C@H]1CC(CO)C2. The van der Waals surface area contributed by atoms with Gasteiger partial charge in [-0.05, 0) is 55.4 Å². The first kappa shape index (κ1) is 13.1. The van der Waals surface area contributed by atoms with Crippen LogP contribution in [0.2, 0.25) is 0 Å². The number of carbonyl (C=O) groups excluding carboxylic acids is 1. The Bertz CT molecular complexity index is 557. The molecule has 0 aromatic heterocycles. The lowest BCUT2D eigenvalue weighted by atomic mass is 9.90. The summed E-state index contributed by atoms with van der Waals surface area (Å²) in [6.45, 7) is 0.978. The Morgan fingerprint density at radius 2 is 2.05 bits per heavy atom. The maximum absolute atomic E-state index is 12.9. The minimum absolute atomic E-state index is 0.161. The van der Waals surface area contributed by atoms with E-state index in [1.54, 1.807) is 0 Å². The normalized spacial score (nSPS) is 30.1. The quantitative estimate of drug-likeness (QED) is 0.905. The molecule has 1 aromatic rings. The van der Waals surface area contributed by atoms with E-state index in [0.717, 1.165) is 55.6 Å². The van der Waals surface area contributed by atoms with Gasteiger partial charge in [0.15, 0.2) is 0 Å². The molecule has 3 atom stereocenters. The highest BCUT2D eigenvalue weighted by molar-refractivity contribution is 5.95. The van der Waals surface area contributed by atoms with Crippen LogP contribution < -0.4 is 4.74 Å². The Hall–Kier alpha value is -1.55.